The van der Waals surface area contributed by atoms with Crippen LogP contribution >= 0.6 is 0 Å². The summed E-state index contributed by atoms with van der Waals surface area (Å²) in [6, 6.07) is 9.46. The van der Waals surface area contributed by atoms with E-state index in [2.05, 4.69) is 20.8 Å². The van der Waals surface area contributed by atoms with Gasteiger partial charge in [0.15, 0.2) is 5.82 Å². The molecular formula is C16H18N4O2. The van der Waals surface area contributed by atoms with Crippen LogP contribution in [0, 0.1) is 13.8 Å². The lowest BCUT2D eigenvalue weighted by atomic mass is 10.2. The van der Waals surface area contributed by atoms with E-state index in [0.29, 0.717) is 5.82 Å². The highest BCUT2D eigenvalue weighted by Gasteiger charge is 2.09. The first-order valence-electron chi connectivity index (χ1n) is 6.88. The van der Waals surface area contributed by atoms with Gasteiger partial charge in [-0.1, -0.05) is 30.3 Å². The smallest absolute Gasteiger partial charge is 0.244 e. The molecule has 2 amide bonds. The molecule has 3 N–H and O–H groups in total. The summed E-state index contributed by atoms with van der Waals surface area (Å²) in [5, 5.41) is 11.9. The van der Waals surface area contributed by atoms with Crippen LogP contribution in [0.5, 0.6) is 0 Å². The van der Waals surface area contributed by atoms with Gasteiger partial charge in [-0.25, -0.2) is 0 Å². The van der Waals surface area contributed by atoms with Crippen molar-refractivity contribution in [3.05, 3.63) is 53.2 Å². The number of hydrogen-bond acceptors (Lipinski definition) is 3. The SMILES string of the molecule is Cc1[nH]nc(NC(=O)CNC(=O)/C=C\c2ccccc2)c1C. The molecule has 1 heterocycles. The largest absolute Gasteiger partial charge is 0.343 e. The summed E-state index contributed by atoms with van der Waals surface area (Å²) >= 11 is 0. The van der Waals surface area contributed by atoms with Crippen LogP contribution in [0.3, 0.4) is 0 Å². The fourth-order valence-electron chi connectivity index (χ4n) is 1.75. The van der Waals surface area contributed by atoms with Gasteiger partial charge in [-0.15, -0.1) is 0 Å². The number of anilines is 1. The molecule has 0 aliphatic heterocycles. The highest BCUT2D eigenvalue weighted by atomic mass is 16.2. The summed E-state index contributed by atoms with van der Waals surface area (Å²) in [7, 11) is 0. The monoisotopic (exact) mass is 298 g/mol. The van der Waals surface area contributed by atoms with E-state index in [1.165, 1.54) is 6.08 Å². The van der Waals surface area contributed by atoms with Crippen molar-refractivity contribution in [1.29, 1.82) is 0 Å². The Kier molecular flexibility index (Phi) is 5.08. The zero-order valence-electron chi connectivity index (χ0n) is 12.5. The van der Waals surface area contributed by atoms with Crippen LogP contribution in [0.1, 0.15) is 16.8 Å². The van der Waals surface area contributed by atoms with E-state index in [4.69, 9.17) is 0 Å². The van der Waals surface area contributed by atoms with Gasteiger partial charge in [0, 0.05) is 17.3 Å². The quantitative estimate of drug-likeness (QED) is 0.736. The molecule has 0 aliphatic rings. The van der Waals surface area contributed by atoms with Crippen molar-refractivity contribution >= 4 is 23.7 Å². The molecule has 1 aromatic carbocycles. The van der Waals surface area contributed by atoms with Crippen LogP contribution in [0.25, 0.3) is 6.08 Å². The number of nitrogens with zero attached hydrogens (tertiary/aromatic N) is 1. The van der Waals surface area contributed by atoms with Gasteiger partial charge in [0.2, 0.25) is 11.8 Å². The molecule has 0 bridgehead atoms. The van der Waals surface area contributed by atoms with E-state index in [9.17, 15) is 9.59 Å². The lowest BCUT2D eigenvalue weighted by Crippen LogP contribution is -2.31. The van der Waals surface area contributed by atoms with E-state index in [0.717, 1.165) is 16.8 Å². The minimum absolute atomic E-state index is 0.108. The minimum Gasteiger partial charge on any atom is -0.343 e. The predicted molar refractivity (Wildman–Crippen MR) is 85.2 cm³/mol. The maximum atomic E-state index is 11.7. The molecule has 0 aliphatic carbocycles. The molecule has 2 aromatic rings. The summed E-state index contributed by atoms with van der Waals surface area (Å²) < 4.78 is 0. The maximum absolute atomic E-state index is 11.7. The zero-order chi connectivity index (χ0) is 15.9. The van der Waals surface area contributed by atoms with Crippen LogP contribution in [0.2, 0.25) is 0 Å². The Morgan fingerprint density at radius 2 is 1.95 bits per heavy atom. The molecule has 2 rings (SSSR count). The number of aryl methyl sites for hydroxylation is 1. The topological polar surface area (TPSA) is 86.9 Å². The average Bonchev–Trinajstić information content (AvgIpc) is 2.84. The predicted octanol–water partition coefficient (Wildman–Crippen LogP) is 1.79. The first kappa shape index (κ1) is 15.5. The normalized spacial score (nSPS) is 10.6. The van der Waals surface area contributed by atoms with Crippen LogP contribution in [0.4, 0.5) is 5.82 Å². The number of H-pyrrole nitrogens is 1. The summed E-state index contributed by atoms with van der Waals surface area (Å²) in [6.45, 7) is 3.62. The van der Waals surface area contributed by atoms with Gasteiger partial charge < -0.3 is 10.6 Å². The van der Waals surface area contributed by atoms with Crippen LogP contribution < -0.4 is 10.6 Å². The first-order chi connectivity index (χ1) is 10.6. The molecular weight excluding hydrogens is 280 g/mol. The number of rotatable bonds is 5. The van der Waals surface area contributed by atoms with Crippen molar-refractivity contribution in [2.45, 2.75) is 13.8 Å². The number of aromatic amines is 1. The lowest BCUT2D eigenvalue weighted by molar-refractivity contribution is -0.121. The number of carbonyl (C=O) groups excluding carboxylic acids is 2. The number of nitrogens with one attached hydrogen (secondary N) is 3. The first-order valence-corrected chi connectivity index (χ1v) is 6.88. The number of aromatic nitrogens is 2. The van der Waals surface area contributed by atoms with Gasteiger partial charge in [0.25, 0.3) is 0 Å². The lowest BCUT2D eigenvalue weighted by Gasteiger charge is -2.04. The molecule has 114 valence electrons. The van der Waals surface area contributed by atoms with E-state index >= 15 is 0 Å². The van der Waals surface area contributed by atoms with Crippen molar-refractivity contribution in [3.8, 4) is 0 Å². The Morgan fingerprint density at radius 3 is 2.59 bits per heavy atom. The van der Waals surface area contributed by atoms with E-state index in [1.807, 2.05) is 44.2 Å². The third-order valence-corrected chi connectivity index (χ3v) is 3.16. The van der Waals surface area contributed by atoms with Gasteiger partial charge in [-0.05, 0) is 25.5 Å². The molecule has 0 unspecified atom stereocenters. The maximum Gasteiger partial charge on any atom is 0.244 e. The molecule has 6 heteroatoms. The van der Waals surface area contributed by atoms with Crippen molar-refractivity contribution in [1.82, 2.24) is 15.5 Å². The fraction of sp³-hybridized carbons (Fsp3) is 0.188. The third kappa shape index (κ3) is 4.31. The van der Waals surface area contributed by atoms with Crippen LogP contribution in [-0.2, 0) is 9.59 Å². The van der Waals surface area contributed by atoms with Crippen molar-refractivity contribution in [3.63, 3.8) is 0 Å². The standard InChI is InChI=1S/C16H18N4O2/c1-11-12(2)19-20-16(11)18-15(22)10-17-14(21)9-8-13-6-4-3-5-7-13/h3-9H,10H2,1-2H3,(H,17,21)(H2,18,19,20,22)/b9-8-. The van der Waals surface area contributed by atoms with E-state index < -0.39 is 0 Å². The molecule has 0 spiro atoms. The Balaban J connectivity index is 1.80. The molecule has 22 heavy (non-hydrogen) atoms. The third-order valence-electron chi connectivity index (χ3n) is 3.16. The molecule has 6 nitrogen and oxygen atoms in total. The summed E-state index contributed by atoms with van der Waals surface area (Å²) in [5.74, 6) is -0.165. The minimum atomic E-state index is -0.325. The van der Waals surface area contributed by atoms with Gasteiger partial charge in [-0.3, -0.25) is 14.7 Å². The Labute approximate surface area is 128 Å². The second-order valence-electron chi connectivity index (χ2n) is 4.83. The number of amides is 2. The molecule has 0 saturated carbocycles. The summed E-state index contributed by atoms with van der Waals surface area (Å²) in [4.78, 5) is 23.4. The molecule has 0 atom stereocenters. The highest BCUT2D eigenvalue weighted by molar-refractivity contribution is 5.97. The Hall–Kier alpha value is -2.89. The van der Waals surface area contributed by atoms with Crippen molar-refractivity contribution in [2.75, 3.05) is 11.9 Å². The van der Waals surface area contributed by atoms with Crippen LogP contribution in [0.15, 0.2) is 36.4 Å². The second-order valence-corrected chi connectivity index (χ2v) is 4.83. The summed E-state index contributed by atoms with van der Waals surface area (Å²) in [5.41, 5.74) is 2.69. The number of carbonyl (C=O) groups is 2. The van der Waals surface area contributed by atoms with Crippen LogP contribution in [-0.4, -0.2) is 28.6 Å². The molecule has 0 saturated heterocycles. The average molecular weight is 298 g/mol. The number of benzene rings is 1. The second kappa shape index (κ2) is 7.21. The Bertz CT molecular complexity index is 689. The van der Waals surface area contributed by atoms with Gasteiger partial charge in [-0.2, -0.15) is 5.10 Å². The van der Waals surface area contributed by atoms with E-state index in [1.54, 1.807) is 6.08 Å². The Morgan fingerprint density at radius 1 is 1.23 bits per heavy atom. The summed E-state index contributed by atoms with van der Waals surface area (Å²) in [6.07, 6.45) is 3.08. The van der Waals surface area contributed by atoms with Gasteiger partial charge in [0.05, 0.1) is 6.54 Å². The van der Waals surface area contributed by atoms with Crippen molar-refractivity contribution < 1.29 is 9.59 Å². The van der Waals surface area contributed by atoms with E-state index in [-0.39, 0.29) is 18.4 Å². The zero-order valence-corrected chi connectivity index (χ0v) is 12.5. The molecule has 0 radical (unpaired) electrons. The molecule has 1 aromatic heterocycles. The number of hydrogen-bond donors (Lipinski definition) is 3. The van der Waals surface area contributed by atoms with Gasteiger partial charge >= 0.3 is 0 Å². The molecule has 0 fully saturated rings. The van der Waals surface area contributed by atoms with Crippen molar-refractivity contribution in [2.24, 2.45) is 0 Å². The fourth-order valence-corrected chi connectivity index (χ4v) is 1.75. The van der Waals surface area contributed by atoms with Gasteiger partial charge in [0.1, 0.15) is 0 Å². The highest BCUT2D eigenvalue weighted by Crippen LogP contribution is 2.13.